The van der Waals surface area contributed by atoms with Gasteiger partial charge in [-0.2, -0.15) is 0 Å². The number of hydrogen-bond acceptors (Lipinski definition) is 6. The molecule has 0 saturated carbocycles. The predicted molar refractivity (Wildman–Crippen MR) is 99.3 cm³/mol. The number of hydrogen-bond donors (Lipinski definition) is 1. The zero-order chi connectivity index (χ0) is 18.7. The van der Waals surface area contributed by atoms with Crippen LogP contribution in [0.1, 0.15) is 22.8 Å². The highest BCUT2D eigenvalue weighted by atomic mass is 35.5. The van der Waals surface area contributed by atoms with Crippen LogP contribution in [0.15, 0.2) is 35.4 Å². The molecule has 0 aromatic heterocycles. The van der Waals surface area contributed by atoms with E-state index in [1.165, 1.54) is 7.11 Å². The number of nitrogen functional groups attached to an aromatic ring is 1. The highest BCUT2D eigenvalue weighted by Crippen LogP contribution is 2.42. The molecule has 2 aromatic carbocycles. The molecule has 1 aliphatic heterocycles. The Labute approximate surface area is 156 Å². The minimum absolute atomic E-state index is 0.0399. The lowest BCUT2D eigenvalue weighted by Crippen LogP contribution is -2.03. The molecule has 26 heavy (non-hydrogen) atoms. The summed E-state index contributed by atoms with van der Waals surface area (Å²) in [5.74, 6) is 1.69. The average Bonchev–Trinajstić information content (AvgIpc) is 3.11. The van der Waals surface area contributed by atoms with Gasteiger partial charge in [-0.3, -0.25) is 4.79 Å². The molecule has 6 nitrogen and oxygen atoms in total. The first-order valence-corrected chi connectivity index (χ1v) is 8.33. The third-order valence-electron chi connectivity index (χ3n) is 3.77. The van der Waals surface area contributed by atoms with E-state index in [1.807, 2.05) is 6.92 Å². The number of methoxy groups -OCH3 is 1. The van der Waals surface area contributed by atoms with E-state index in [1.54, 1.807) is 36.4 Å². The fourth-order valence-corrected chi connectivity index (χ4v) is 2.77. The van der Waals surface area contributed by atoms with E-state index in [0.29, 0.717) is 46.4 Å². The lowest BCUT2D eigenvalue weighted by molar-refractivity contribution is 0.104. The molecule has 1 aliphatic rings. The van der Waals surface area contributed by atoms with E-state index in [0.717, 1.165) is 0 Å². The maximum Gasteiger partial charge on any atom is 0.231 e. The fourth-order valence-electron chi connectivity index (χ4n) is 2.54. The van der Waals surface area contributed by atoms with Gasteiger partial charge in [-0.25, -0.2) is 0 Å². The second-order valence-corrected chi connectivity index (χ2v) is 5.87. The number of rotatable bonds is 6. The first kappa shape index (κ1) is 17.9. The van der Waals surface area contributed by atoms with Gasteiger partial charge in [-0.1, -0.05) is 11.6 Å². The average molecular weight is 376 g/mol. The Morgan fingerprint density at radius 2 is 2.08 bits per heavy atom. The third kappa shape index (κ3) is 3.55. The minimum Gasteiger partial charge on any atom is -0.493 e. The highest BCUT2D eigenvalue weighted by Gasteiger charge is 2.20. The number of ketones is 1. The lowest BCUT2D eigenvalue weighted by Gasteiger charge is -2.09. The zero-order valence-electron chi connectivity index (χ0n) is 14.4. The van der Waals surface area contributed by atoms with Crippen LogP contribution in [0.3, 0.4) is 0 Å². The summed E-state index contributed by atoms with van der Waals surface area (Å²) in [6, 6.07) is 8.26. The lowest BCUT2D eigenvalue weighted by atomic mass is 10.1. The van der Waals surface area contributed by atoms with Gasteiger partial charge in [-0.05, 0) is 48.9 Å². The molecular weight excluding hydrogens is 358 g/mol. The maximum absolute atomic E-state index is 12.6. The van der Waals surface area contributed by atoms with Crippen molar-refractivity contribution in [3.05, 3.63) is 46.5 Å². The predicted octanol–water partition coefficient (Wildman–Crippen LogP) is 3.87. The number of ether oxygens (including phenoxy) is 4. The van der Waals surface area contributed by atoms with E-state index in [9.17, 15) is 4.79 Å². The van der Waals surface area contributed by atoms with Crippen LogP contribution in [0, 0.1) is 0 Å². The number of allylic oxidation sites excluding steroid dienone is 1. The third-order valence-corrected chi connectivity index (χ3v) is 4.05. The number of benzene rings is 2. The van der Waals surface area contributed by atoms with Crippen molar-refractivity contribution < 1.29 is 23.7 Å². The van der Waals surface area contributed by atoms with E-state index in [2.05, 4.69) is 0 Å². The number of anilines is 1. The molecular formula is C19H18ClNO5. The largest absolute Gasteiger partial charge is 0.493 e. The van der Waals surface area contributed by atoms with Gasteiger partial charge in [0.25, 0.3) is 0 Å². The normalized spacial score (nSPS) is 12.8. The van der Waals surface area contributed by atoms with Crippen LogP contribution < -0.4 is 24.7 Å². The summed E-state index contributed by atoms with van der Waals surface area (Å²) in [6.07, 6.45) is 1.55. The van der Waals surface area contributed by atoms with Gasteiger partial charge in [0.1, 0.15) is 5.75 Å². The first-order valence-electron chi connectivity index (χ1n) is 7.95. The molecule has 0 atom stereocenters. The summed E-state index contributed by atoms with van der Waals surface area (Å²) in [5.41, 5.74) is 7.34. The highest BCUT2D eigenvalue weighted by molar-refractivity contribution is 6.47. The molecule has 0 fully saturated rings. The molecule has 136 valence electrons. The van der Waals surface area contributed by atoms with Gasteiger partial charge in [0, 0.05) is 5.56 Å². The number of Topliss-reactive ketones (excluding diaryl/α,β-unsaturated/α-hetero) is 1. The molecule has 2 aromatic rings. The van der Waals surface area contributed by atoms with Gasteiger partial charge in [-0.15, -0.1) is 0 Å². The van der Waals surface area contributed by atoms with Crippen LogP contribution in [0.25, 0.3) is 6.08 Å². The van der Waals surface area contributed by atoms with Crippen LogP contribution in [-0.2, 0) is 0 Å². The molecule has 0 bridgehead atoms. The Balaban J connectivity index is 1.90. The smallest absolute Gasteiger partial charge is 0.231 e. The fraction of sp³-hybridized carbons (Fsp3) is 0.211. The zero-order valence-corrected chi connectivity index (χ0v) is 15.1. The van der Waals surface area contributed by atoms with Crippen LogP contribution in [0.4, 0.5) is 5.69 Å². The van der Waals surface area contributed by atoms with Crippen molar-refractivity contribution in [2.75, 3.05) is 26.2 Å². The molecule has 0 amide bonds. The van der Waals surface area contributed by atoms with Crippen molar-refractivity contribution >= 4 is 29.1 Å². The number of nitrogens with two attached hydrogens (primary N) is 1. The van der Waals surface area contributed by atoms with Gasteiger partial charge in [0.15, 0.2) is 11.5 Å². The van der Waals surface area contributed by atoms with Gasteiger partial charge < -0.3 is 24.7 Å². The number of halogens is 1. The quantitative estimate of drug-likeness (QED) is 0.469. The van der Waals surface area contributed by atoms with Crippen LogP contribution in [0.5, 0.6) is 23.0 Å². The molecule has 1 heterocycles. The van der Waals surface area contributed by atoms with Crippen molar-refractivity contribution in [2.45, 2.75) is 6.92 Å². The summed E-state index contributed by atoms with van der Waals surface area (Å²) in [4.78, 5) is 12.6. The molecule has 7 heteroatoms. The van der Waals surface area contributed by atoms with Crippen LogP contribution in [-0.4, -0.2) is 26.3 Å². The SMILES string of the molecule is CCOc1cc(C(=O)/C(Cl)=C\c2cc(OC)c3c(c2)OCO3)ccc1N. The van der Waals surface area contributed by atoms with Crippen molar-refractivity contribution in [1.29, 1.82) is 0 Å². The Kier molecular flexibility index (Phi) is 5.23. The van der Waals surface area contributed by atoms with Crippen molar-refractivity contribution in [3.63, 3.8) is 0 Å². The molecule has 0 unspecified atom stereocenters. The molecule has 0 saturated heterocycles. The van der Waals surface area contributed by atoms with Crippen molar-refractivity contribution in [1.82, 2.24) is 0 Å². The summed E-state index contributed by atoms with van der Waals surface area (Å²) < 4.78 is 21.4. The summed E-state index contributed by atoms with van der Waals surface area (Å²) >= 11 is 6.24. The molecule has 3 rings (SSSR count). The van der Waals surface area contributed by atoms with Crippen LogP contribution >= 0.6 is 11.6 Å². The summed E-state index contributed by atoms with van der Waals surface area (Å²) in [5, 5.41) is 0.0399. The Morgan fingerprint density at radius 3 is 2.81 bits per heavy atom. The van der Waals surface area contributed by atoms with Crippen molar-refractivity contribution in [2.24, 2.45) is 0 Å². The monoisotopic (exact) mass is 375 g/mol. The van der Waals surface area contributed by atoms with E-state index < -0.39 is 0 Å². The Bertz CT molecular complexity index is 878. The second-order valence-electron chi connectivity index (χ2n) is 5.46. The number of carbonyl (C=O) groups excluding carboxylic acids is 1. The standard InChI is InChI=1S/C19H18ClNO5/c1-3-24-15-9-12(4-5-14(15)21)18(22)13(20)6-11-7-16(23-2)19-17(8-11)25-10-26-19/h4-9H,3,10,21H2,1-2H3/b13-6+. The van der Waals surface area contributed by atoms with Gasteiger partial charge >= 0.3 is 0 Å². The topological polar surface area (TPSA) is 80.0 Å². The second kappa shape index (κ2) is 7.58. The minimum atomic E-state index is -0.343. The number of fused-ring (bicyclic) bond motifs is 1. The summed E-state index contributed by atoms with van der Waals surface area (Å²) in [6.45, 7) is 2.41. The van der Waals surface area contributed by atoms with E-state index in [-0.39, 0.29) is 17.6 Å². The molecule has 2 N–H and O–H groups in total. The van der Waals surface area contributed by atoms with Gasteiger partial charge in [0.2, 0.25) is 18.3 Å². The Morgan fingerprint density at radius 1 is 1.27 bits per heavy atom. The first-order chi connectivity index (χ1) is 12.5. The number of carbonyl (C=O) groups is 1. The Hall–Kier alpha value is -2.86. The molecule has 0 aliphatic carbocycles. The van der Waals surface area contributed by atoms with Crippen molar-refractivity contribution in [3.8, 4) is 23.0 Å². The van der Waals surface area contributed by atoms with Crippen LogP contribution in [0.2, 0.25) is 0 Å². The molecule has 0 spiro atoms. The summed E-state index contributed by atoms with van der Waals surface area (Å²) in [7, 11) is 1.53. The maximum atomic E-state index is 12.6. The van der Waals surface area contributed by atoms with Gasteiger partial charge in [0.05, 0.1) is 24.4 Å². The van der Waals surface area contributed by atoms with E-state index in [4.69, 9.17) is 36.3 Å². The molecule has 0 radical (unpaired) electrons. The van der Waals surface area contributed by atoms with E-state index >= 15 is 0 Å².